The van der Waals surface area contributed by atoms with E-state index in [0.29, 0.717) is 55.2 Å². The molecule has 374 valence electrons. The summed E-state index contributed by atoms with van der Waals surface area (Å²) >= 11 is 0. The fourth-order valence-corrected chi connectivity index (χ4v) is 10.8. The van der Waals surface area contributed by atoms with Gasteiger partial charge in [-0.3, -0.25) is 38.4 Å². The molecule has 19 heteroatoms. The number of imide groups is 4. The summed E-state index contributed by atoms with van der Waals surface area (Å²) < 4.78 is 11.5. The number of fused-ring (bicyclic) bond motifs is 7. The van der Waals surface area contributed by atoms with Crippen LogP contribution in [0.25, 0.3) is 67.0 Å². The first-order valence-electron chi connectivity index (χ1n) is 24.4. The Kier molecular flexibility index (Phi) is 9.34. The molecule has 19 nitrogen and oxygen atoms in total. The summed E-state index contributed by atoms with van der Waals surface area (Å²) in [5, 5.41) is 17.2. The van der Waals surface area contributed by atoms with Crippen LogP contribution in [0.5, 0.6) is 0 Å². The third-order valence-electron chi connectivity index (χ3n) is 14.6. The number of nitrogens with one attached hydrogen (secondary N) is 1. The summed E-state index contributed by atoms with van der Waals surface area (Å²) in [4.78, 5) is 120. The first-order valence-corrected chi connectivity index (χ1v) is 24.4. The predicted molar refractivity (Wildman–Crippen MR) is 284 cm³/mol. The number of nitrogens with zero attached hydrogens (tertiary/aromatic N) is 8. The molecular weight excluding hydrogens is 1010 g/mol. The molecule has 0 saturated carbocycles. The van der Waals surface area contributed by atoms with Crippen molar-refractivity contribution in [3.05, 3.63) is 214 Å². The van der Waals surface area contributed by atoms with E-state index in [1.165, 1.54) is 24.3 Å². The van der Waals surface area contributed by atoms with Crippen LogP contribution in [0.4, 0.5) is 23.4 Å². The Morgan fingerprint density at radius 2 is 0.696 bits per heavy atom. The smallest absolute Gasteiger partial charge is 0.332 e. The molecule has 0 atom stereocenters. The predicted octanol–water partition coefficient (Wildman–Crippen LogP) is 9.96. The van der Waals surface area contributed by atoms with E-state index in [9.17, 15) is 38.4 Å². The quantitative estimate of drug-likeness (QED) is 0.139. The van der Waals surface area contributed by atoms with Crippen LogP contribution in [0, 0.1) is 0 Å². The summed E-state index contributed by atoms with van der Waals surface area (Å²) in [6.07, 6.45) is 0. The van der Waals surface area contributed by atoms with Gasteiger partial charge in [0, 0.05) is 32.9 Å². The third-order valence-corrected chi connectivity index (χ3v) is 14.6. The van der Waals surface area contributed by atoms with Crippen LogP contribution in [-0.4, -0.2) is 72.6 Å². The Hall–Kier alpha value is -11.6. The van der Waals surface area contributed by atoms with E-state index in [-0.39, 0.29) is 79.7 Å². The van der Waals surface area contributed by atoms with Crippen molar-refractivity contribution in [2.24, 2.45) is 0 Å². The van der Waals surface area contributed by atoms with Crippen molar-refractivity contribution < 1.29 is 47.2 Å². The number of aromatic amines is 1. The van der Waals surface area contributed by atoms with E-state index < -0.39 is 47.3 Å². The van der Waals surface area contributed by atoms with Crippen LogP contribution in [-0.2, 0) is 0 Å². The Labute approximate surface area is 442 Å². The number of hydrogen-bond acceptors (Lipinski definition) is 14. The van der Waals surface area contributed by atoms with Gasteiger partial charge in [-0.25, -0.2) is 9.80 Å². The molecule has 11 aromatic rings. The number of amides is 8. The molecule has 0 saturated heterocycles. The van der Waals surface area contributed by atoms with Crippen molar-refractivity contribution in [3.63, 3.8) is 0 Å². The molecule has 8 amide bonds. The van der Waals surface area contributed by atoms with E-state index in [1.54, 1.807) is 133 Å². The largest absolute Gasteiger partial charge is 0.403 e. The highest BCUT2D eigenvalue weighted by Gasteiger charge is 2.44. The van der Waals surface area contributed by atoms with Gasteiger partial charge in [-0.1, -0.05) is 83.0 Å². The molecule has 15 rings (SSSR count). The zero-order valence-electron chi connectivity index (χ0n) is 40.3. The molecule has 0 fully saturated rings. The van der Waals surface area contributed by atoms with Gasteiger partial charge in [-0.15, -0.1) is 10.2 Å². The SMILES string of the molecule is O=C1c2cccc(-c3ccc4c(c3)C(=O)N(c3nnc(-c5ccccc5)o3)C4=O)c2C(=O)N1c1ccc2[nH]c3ccc(N4C(=O)c5cccc(-c6ccc7c(c6)C(=O)N(c6nnc(-c8ccccc8)o6)C7=O)c5C4=O)cc3c2c1. The summed E-state index contributed by atoms with van der Waals surface area (Å²) in [5.74, 6) is -4.91. The molecule has 0 unspecified atom stereocenters. The molecule has 4 aliphatic rings. The van der Waals surface area contributed by atoms with E-state index in [1.807, 2.05) is 12.1 Å². The number of H-pyrrole nitrogens is 1. The zero-order valence-corrected chi connectivity index (χ0v) is 40.3. The molecule has 79 heavy (non-hydrogen) atoms. The van der Waals surface area contributed by atoms with Gasteiger partial charge in [-0.2, -0.15) is 9.80 Å². The van der Waals surface area contributed by atoms with Gasteiger partial charge >= 0.3 is 12.0 Å². The highest BCUT2D eigenvalue weighted by Crippen LogP contribution is 2.42. The molecular formula is C60H29N9O10. The Bertz CT molecular complexity index is 4370. The number of aromatic nitrogens is 5. The molecule has 0 bridgehead atoms. The minimum Gasteiger partial charge on any atom is -0.403 e. The molecule has 8 aromatic carbocycles. The number of carbonyl (C=O) groups excluding carboxylic acids is 8. The average Bonchev–Trinajstić information content (AvgIpc) is 4.44. The molecule has 0 radical (unpaired) electrons. The highest BCUT2D eigenvalue weighted by atomic mass is 16.4. The summed E-state index contributed by atoms with van der Waals surface area (Å²) in [7, 11) is 0. The lowest BCUT2D eigenvalue weighted by atomic mass is 9.94. The molecule has 7 heterocycles. The maximum Gasteiger partial charge on any atom is 0.332 e. The van der Waals surface area contributed by atoms with Crippen LogP contribution in [0.3, 0.4) is 0 Å². The number of carbonyl (C=O) groups is 8. The van der Waals surface area contributed by atoms with Crippen molar-refractivity contribution in [1.82, 2.24) is 25.4 Å². The van der Waals surface area contributed by atoms with Crippen LogP contribution >= 0.6 is 0 Å². The van der Waals surface area contributed by atoms with Gasteiger partial charge in [-0.05, 0) is 119 Å². The Balaban J connectivity index is 0.715. The van der Waals surface area contributed by atoms with E-state index in [2.05, 4.69) is 25.4 Å². The normalized spacial score (nSPS) is 14.7. The summed E-state index contributed by atoms with van der Waals surface area (Å²) in [5.41, 5.74) is 5.21. The average molecular weight is 1040 g/mol. The molecule has 0 aliphatic carbocycles. The van der Waals surface area contributed by atoms with Crippen molar-refractivity contribution in [2.75, 3.05) is 19.6 Å². The Morgan fingerprint density at radius 1 is 0.304 bits per heavy atom. The second kappa shape index (κ2) is 16.4. The maximum atomic E-state index is 14.6. The number of hydrogen-bond donors (Lipinski definition) is 1. The molecule has 0 spiro atoms. The monoisotopic (exact) mass is 1040 g/mol. The van der Waals surface area contributed by atoms with Gasteiger partial charge in [0.05, 0.1) is 55.9 Å². The minimum atomic E-state index is -0.702. The van der Waals surface area contributed by atoms with Crippen LogP contribution < -0.4 is 19.6 Å². The van der Waals surface area contributed by atoms with Gasteiger partial charge in [0.25, 0.3) is 47.3 Å². The van der Waals surface area contributed by atoms with Gasteiger partial charge in [0.15, 0.2) is 0 Å². The van der Waals surface area contributed by atoms with Crippen molar-refractivity contribution >= 4 is 92.5 Å². The lowest BCUT2D eigenvalue weighted by molar-refractivity contribution is 0.0902. The third kappa shape index (κ3) is 6.46. The summed E-state index contributed by atoms with van der Waals surface area (Å²) in [6, 6.07) is 46.1. The molecule has 1 N–H and O–H groups in total. The van der Waals surface area contributed by atoms with Gasteiger partial charge in [0.1, 0.15) is 0 Å². The van der Waals surface area contributed by atoms with Crippen LogP contribution in [0.2, 0.25) is 0 Å². The van der Waals surface area contributed by atoms with Crippen LogP contribution in [0.1, 0.15) is 82.9 Å². The molecule has 4 aliphatic heterocycles. The fourth-order valence-electron chi connectivity index (χ4n) is 10.8. The second-order valence-electron chi connectivity index (χ2n) is 18.9. The summed E-state index contributed by atoms with van der Waals surface area (Å²) in [6.45, 7) is 0. The first kappa shape index (κ1) is 44.8. The van der Waals surface area contributed by atoms with Crippen LogP contribution in [0.15, 0.2) is 179 Å². The van der Waals surface area contributed by atoms with Crippen molar-refractivity contribution in [3.8, 4) is 45.2 Å². The lowest BCUT2D eigenvalue weighted by Crippen LogP contribution is -2.29. The number of benzene rings is 8. The topological polar surface area (TPSA) is 243 Å². The Morgan fingerprint density at radius 3 is 1.13 bits per heavy atom. The highest BCUT2D eigenvalue weighted by molar-refractivity contribution is 6.39. The standard InChI is InChI=1S/C60H29N9O10/c70-51-37-21-17-31(25-43(37)55(74)68(51)59-64-62-49(78-59)29-9-3-1-4-10-29)35-13-7-15-39-47(35)57(76)66(53(39)72)33-19-23-45-41(27-33)42-28-34(20-24-46(42)61-45)67-54(73)40-16-8-14-36(48(40)58(67)77)32-18-22-38-44(26-32)56(75)69(52(38)71)60-65-63-50(79-60)30-11-5-2-6-12-30/h1-28,61H. The van der Waals surface area contributed by atoms with E-state index >= 15 is 0 Å². The number of rotatable bonds is 8. The van der Waals surface area contributed by atoms with E-state index in [0.717, 1.165) is 19.6 Å². The zero-order chi connectivity index (χ0) is 53.5. The molecule has 3 aromatic heterocycles. The van der Waals surface area contributed by atoms with Crippen molar-refractivity contribution in [2.45, 2.75) is 0 Å². The maximum absolute atomic E-state index is 14.6. The van der Waals surface area contributed by atoms with Gasteiger partial charge in [0.2, 0.25) is 11.8 Å². The second-order valence-corrected chi connectivity index (χ2v) is 18.9. The minimum absolute atomic E-state index is 0.0443. The van der Waals surface area contributed by atoms with Gasteiger partial charge < -0.3 is 13.8 Å². The van der Waals surface area contributed by atoms with Crippen molar-refractivity contribution in [1.29, 1.82) is 0 Å². The lowest BCUT2D eigenvalue weighted by Gasteiger charge is -2.15. The fraction of sp³-hybridized carbons (Fsp3) is 0. The number of anilines is 4. The first-order chi connectivity index (χ1) is 38.5. The van der Waals surface area contributed by atoms with E-state index in [4.69, 9.17) is 8.83 Å².